The molecule has 1 aromatic heterocycles. The number of para-hydroxylation sites is 1. The maximum atomic E-state index is 12.2. The highest BCUT2D eigenvalue weighted by atomic mass is 16.3. The Morgan fingerprint density at radius 2 is 2.00 bits per heavy atom. The van der Waals surface area contributed by atoms with Gasteiger partial charge in [-0.05, 0) is 40.0 Å². The topological polar surface area (TPSA) is 65.8 Å². The molecule has 24 heavy (non-hydrogen) atoms. The summed E-state index contributed by atoms with van der Waals surface area (Å²) in [6.45, 7) is 6.41. The standard InChI is InChI=1S/C18H23N3O3/c1-12(15-11-13-7-5-6-8-14(13)24-15)20(4)9-10-21-16(22)18(2,3)19-17(21)23/h5-8,11-12H,9-10H2,1-4H3,(H,19,23)/t12-/m0/s1. The summed E-state index contributed by atoms with van der Waals surface area (Å²) in [4.78, 5) is 27.5. The van der Waals surface area contributed by atoms with Crippen molar-refractivity contribution >= 4 is 22.9 Å². The van der Waals surface area contributed by atoms with Crippen LogP contribution in [0.2, 0.25) is 0 Å². The summed E-state index contributed by atoms with van der Waals surface area (Å²) in [7, 11) is 1.96. The average molecular weight is 329 g/mol. The van der Waals surface area contributed by atoms with E-state index in [0.29, 0.717) is 13.1 Å². The van der Waals surface area contributed by atoms with Gasteiger partial charge in [0.15, 0.2) is 0 Å². The van der Waals surface area contributed by atoms with Crippen molar-refractivity contribution in [2.24, 2.45) is 0 Å². The Balaban J connectivity index is 1.65. The minimum absolute atomic E-state index is 0.0474. The van der Waals surface area contributed by atoms with Crippen LogP contribution < -0.4 is 5.32 Å². The molecule has 1 aliphatic heterocycles. The summed E-state index contributed by atoms with van der Waals surface area (Å²) in [5.74, 6) is 0.688. The minimum atomic E-state index is -0.819. The van der Waals surface area contributed by atoms with E-state index in [4.69, 9.17) is 4.42 Å². The molecule has 1 atom stereocenters. The van der Waals surface area contributed by atoms with Crippen LogP contribution in [0.15, 0.2) is 34.7 Å². The van der Waals surface area contributed by atoms with Gasteiger partial charge in [0.05, 0.1) is 6.04 Å². The van der Waals surface area contributed by atoms with Crippen LogP contribution in [0.3, 0.4) is 0 Å². The van der Waals surface area contributed by atoms with Gasteiger partial charge in [0.25, 0.3) is 5.91 Å². The molecular weight excluding hydrogens is 306 g/mol. The molecule has 1 aliphatic rings. The van der Waals surface area contributed by atoms with Crippen LogP contribution in [0, 0.1) is 0 Å². The highest BCUT2D eigenvalue weighted by Crippen LogP contribution is 2.26. The van der Waals surface area contributed by atoms with Crippen LogP contribution in [0.1, 0.15) is 32.6 Å². The fourth-order valence-electron chi connectivity index (χ4n) is 2.90. The van der Waals surface area contributed by atoms with Crippen LogP contribution in [-0.4, -0.2) is 47.4 Å². The number of nitrogens with zero attached hydrogens (tertiary/aromatic N) is 2. The van der Waals surface area contributed by atoms with Gasteiger partial charge in [-0.2, -0.15) is 0 Å². The van der Waals surface area contributed by atoms with Crippen molar-refractivity contribution in [3.8, 4) is 0 Å². The molecule has 128 valence electrons. The molecular formula is C18H23N3O3. The number of hydrogen-bond donors (Lipinski definition) is 1. The number of likely N-dealkylation sites (N-methyl/N-ethyl adjacent to an activating group) is 1. The molecule has 1 aromatic carbocycles. The number of urea groups is 1. The number of nitrogens with one attached hydrogen (secondary N) is 1. The second-order valence-electron chi connectivity index (χ2n) is 6.86. The molecule has 6 nitrogen and oxygen atoms in total. The third kappa shape index (κ3) is 2.89. The summed E-state index contributed by atoms with van der Waals surface area (Å²) < 4.78 is 5.90. The first-order valence-electron chi connectivity index (χ1n) is 8.12. The number of amides is 3. The molecule has 0 spiro atoms. The van der Waals surface area contributed by atoms with Crippen molar-refractivity contribution in [1.82, 2.24) is 15.1 Å². The highest BCUT2D eigenvalue weighted by molar-refractivity contribution is 6.06. The highest BCUT2D eigenvalue weighted by Gasteiger charge is 2.43. The summed E-state index contributed by atoms with van der Waals surface area (Å²) in [6, 6.07) is 9.65. The van der Waals surface area contributed by atoms with Crippen LogP contribution >= 0.6 is 0 Å². The maximum Gasteiger partial charge on any atom is 0.325 e. The molecule has 1 saturated heterocycles. The molecule has 0 aliphatic carbocycles. The molecule has 1 fully saturated rings. The Hall–Kier alpha value is -2.34. The Morgan fingerprint density at radius 1 is 1.29 bits per heavy atom. The summed E-state index contributed by atoms with van der Waals surface area (Å²) in [6.07, 6.45) is 0. The molecule has 2 heterocycles. The molecule has 0 saturated carbocycles. The Labute approximate surface area is 141 Å². The van der Waals surface area contributed by atoms with Crippen molar-refractivity contribution in [3.63, 3.8) is 0 Å². The number of carbonyl (C=O) groups is 2. The van der Waals surface area contributed by atoms with Gasteiger partial charge in [-0.1, -0.05) is 18.2 Å². The summed E-state index contributed by atoms with van der Waals surface area (Å²) in [5.41, 5.74) is 0.0450. The first-order valence-corrected chi connectivity index (χ1v) is 8.12. The zero-order chi connectivity index (χ0) is 17.5. The van der Waals surface area contributed by atoms with Crippen molar-refractivity contribution in [2.45, 2.75) is 32.4 Å². The van der Waals surface area contributed by atoms with Crippen LogP contribution in [0.5, 0.6) is 0 Å². The molecule has 3 rings (SSSR count). The lowest BCUT2D eigenvalue weighted by atomic mass is 10.1. The number of benzene rings is 1. The number of hydrogen-bond acceptors (Lipinski definition) is 4. The second-order valence-corrected chi connectivity index (χ2v) is 6.86. The lowest BCUT2D eigenvalue weighted by Gasteiger charge is -2.25. The zero-order valence-corrected chi connectivity index (χ0v) is 14.5. The van der Waals surface area contributed by atoms with Crippen molar-refractivity contribution in [2.75, 3.05) is 20.1 Å². The lowest BCUT2D eigenvalue weighted by Crippen LogP contribution is -2.41. The molecule has 0 radical (unpaired) electrons. The van der Waals surface area contributed by atoms with Gasteiger partial charge in [-0.3, -0.25) is 14.6 Å². The van der Waals surface area contributed by atoms with Crippen LogP contribution in [0.25, 0.3) is 11.0 Å². The Bertz CT molecular complexity index is 748. The van der Waals surface area contributed by atoms with Crippen LogP contribution in [-0.2, 0) is 4.79 Å². The van der Waals surface area contributed by atoms with E-state index in [1.54, 1.807) is 13.8 Å². The van der Waals surface area contributed by atoms with Gasteiger partial charge >= 0.3 is 6.03 Å². The normalized spacial score (nSPS) is 18.5. The number of rotatable bonds is 5. The maximum absolute atomic E-state index is 12.2. The van der Waals surface area contributed by atoms with E-state index < -0.39 is 5.54 Å². The van der Waals surface area contributed by atoms with Crippen molar-refractivity contribution in [3.05, 3.63) is 36.1 Å². The predicted octanol–water partition coefficient (Wildman–Crippen LogP) is 2.76. The quantitative estimate of drug-likeness (QED) is 0.857. The van der Waals surface area contributed by atoms with E-state index in [2.05, 4.69) is 10.2 Å². The van der Waals surface area contributed by atoms with E-state index in [0.717, 1.165) is 16.7 Å². The zero-order valence-electron chi connectivity index (χ0n) is 14.5. The van der Waals surface area contributed by atoms with Crippen molar-refractivity contribution in [1.29, 1.82) is 0 Å². The van der Waals surface area contributed by atoms with Crippen molar-refractivity contribution < 1.29 is 14.0 Å². The first-order chi connectivity index (χ1) is 11.3. The smallest absolute Gasteiger partial charge is 0.325 e. The van der Waals surface area contributed by atoms with Gasteiger partial charge in [0.1, 0.15) is 16.9 Å². The number of furan rings is 1. The third-order valence-electron chi connectivity index (χ3n) is 4.64. The number of carbonyl (C=O) groups excluding carboxylic acids is 2. The molecule has 1 N–H and O–H groups in total. The van der Waals surface area contributed by atoms with Gasteiger partial charge in [-0.25, -0.2) is 4.79 Å². The van der Waals surface area contributed by atoms with Gasteiger partial charge in [-0.15, -0.1) is 0 Å². The van der Waals surface area contributed by atoms with E-state index in [9.17, 15) is 9.59 Å². The van der Waals surface area contributed by atoms with E-state index in [-0.39, 0.29) is 18.0 Å². The van der Waals surface area contributed by atoms with Crippen LogP contribution in [0.4, 0.5) is 4.79 Å². The fraction of sp³-hybridized carbons (Fsp3) is 0.444. The second kappa shape index (κ2) is 5.94. The average Bonchev–Trinajstić information content (AvgIpc) is 3.04. The first kappa shape index (κ1) is 16.5. The predicted molar refractivity (Wildman–Crippen MR) is 91.6 cm³/mol. The largest absolute Gasteiger partial charge is 0.459 e. The molecule has 3 amide bonds. The SMILES string of the molecule is C[C@@H](c1cc2ccccc2o1)N(C)CCN1C(=O)NC(C)(C)C1=O. The third-order valence-corrected chi connectivity index (χ3v) is 4.64. The lowest BCUT2D eigenvalue weighted by molar-refractivity contribution is -0.130. The molecule has 6 heteroatoms. The summed E-state index contributed by atoms with van der Waals surface area (Å²) >= 11 is 0. The molecule has 0 bridgehead atoms. The van der Waals surface area contributed by atoms with Gasteiger partial charge < -0.3 is 9.73 Å². The van der Waals surface area contributed by atoms with Gasteiger partial charge in [0, 0.05) is 18.5 Å². The Kier molecular flexibility index (Phi) is 4.09. The number of imide groups is 1. The summed E-state index contributed by atoms with van der Waals surface area (Å²) in [5, 5.41) is 3.77. The molecule has 0 unspecified atom stereocenters. The number of fused-ring (bicyclic) bond motifs is 1. The van der Waals surface area contributed by atoms with E-state index in [1.807, 2.05) is 44.3 Å². The minimum Gasteiger partial charge on any atom is -0.459 e. The van der Waals surface area contributed by atoms with E-state index in [1.165, 1.54) is 4.90 Å². The fourth-order valence-corrected chi connectivity index (χ4v) is 2.90. The Morgan fingerprint density at radius 3 is 2.62 bits per heavy atom. The monoisotopic (exact) mass is 329 g/mol. The van der Waals surface area contributed by atoms with Gasteiger partial charge in [0.2, 0.25) is 0 Å². The molecule has 2 aromatic rings. The van der Waals surface area contributed by atoms with E-state index >= 15 is 0 Å².